The van der Waals surface area contributed by atoms with Gasteiger partial charge < -0.3 is 15.3 Å². The van der Waals surface area contributed by atoms with Gasteiger partial charge in [0.25, 0.3) is 0 Å². The molecule has 0 saturated carbocycles. The first-order valence-corrected chi connectivity index (χ1v) is 6.22. The summed E-state index contributed by atoms with van der Waals surface area (Å²) in [7, 11) is 3.83. The fourth-order valence-electron chi connectivity index (χ4n) is 1.81. The molecule has 1 rings (SSSR count). The molecule has 104 valence electrons. The van der Waals surface area contributed by atoms with Crippen LogP contribution < -0.4 is 10.2 Å². The number of aliphatic carboxylic acids is 1. The Labute approximate surface area is 113 Å². The molecule has 0 aromatic heterocycles. The lowest BCUT2D eigenvalue weighted by molar-refractivity contribution is -0.140. The SMILES string of the molecule is CCNC(=O)CC(C(=O)O)c1ccc(N(C)C)cc1. The van der Waals surface area contributed by atoms with Crippen LogP contribution >= 0.6 is 0 Å². The van der Waals surface area contributed by atoms with Crippen LogP contribution in [0.5, 0.6) is 0 Å². The lowest BCUT2D eigenvalue weighted by Gasteiger charge is -2.16. The number of nitrogens with zero attached hydrogens (tertiary/aromatic N) is 1. The van der Waals surface area contributed by atoms with Crippen LogP contribution in [0.1, 0.15) is 24.8 Å². The van der Waals surface area contributed by atoms with Gasteiger partial charge in [-0.3, -0.25) is 9.59 Å². The molecule has 1 atom stereocenters. The van der Waals surface area contributed by atoms with Gasteiger partial charge in [0.15, 0.2) is 0 Å². The summed E-state index contributed by atoms with van der Waals surface area (Å²) < 4.78 is 0. The number of nitrogens with one attached hydrogen (secondary N) is 1. The third-order valence-corrected chi connectivity index (χ3v) is 2.87. The van der Waals surface area contributed by atoms with Gasteiger partial charge in [-0.05, 0) is 24.6 Å². The molecule has 1 aromatic rings. The Bertz CT molecular complexity index is 441. The van der Waals surface area contributed by atoms with E-state index in [0.717, 1.165) is 5.69 Å². The van der Waals surface area contributed by atoms with Gasteiger partial charge in [-0.2, -0.15) is 0 Å². The van der Waals surface area contributed by atoms with E-state index in [-0.39, 0.29) is 12.3 Å². The van der Waals surface area contributed by atoms with Crippen molar-refractivity contribution >= 4 is 17.6 Å². The van der Waals surface area contributed by atoms with Crippen molar-refractivity contribution < 1.29 is 14.7 Å². The number of benzene rings is 1. The number of carbonyl (C=O) groups excluding carboxylic acids is 1. The minimum absolute atomic E-state index is 0.0372. The van der Waals surface area contributed by atoms with Gasteiger partial charge in [0.1, 0.15) is 0 Å². The zero-order chi connectivity index (χ0) is 14.4. The van der Waals surface area contributed by atoms with Crippen LogP contribution in [0, 0.1) is 0 Å². The number of anilines is 1. The molecule has 0 spiro atoms. The van der Waals surface area contributed by atoms with Crippen molar-refractivity contribution in [1.29, 1.82) is 0 Å². The molecule has 0 heterocycles. The minimum atomic E-state index is -0.983. The van der Waals surface area contributed by atoms with Gasteiger partial charge in [-0.15, -0.1) is 0 Å². The van der Waals surface area contributed by atoms with E-state index in [1.807, 2.05) is 31.1 Å². The van der Waals surface area contributed by atoms with E-state index in [9.17, 15) is 14.7 Å². The molecule has 1 aromatic carbocycles. The highest BCUT2D eigenvalue weighted by Gasteiger charge is 2.22. The van der Waals surface area contributed by atoms with E-state index in [1.165, 1.54) is 0 Å². The van der Waals surface area contributed by atoms with Crippen LogP contribution in [0.3, 0.4) is 0 Å². The lowest BCUT2D eigenvalue weighted by Crippen LogP contribution is -2.27. The standard InChI is InChI=1S/C14H20N2O3/c1-4-15-13(17)9-12(14(18)19)10-5-7-11(8-6-10)16(2)3/h5-8,12H,4,9H2,1-3H3,(H,15,17)(H,18,19). The van der Waals surface area contributed by atoms with Gasteiger partial charge in [0, 0.05) is 32.7 Å². The number of carbonyl (C=O) groups is 2. The van der Waals surface area contributed by atoms with Crippen molar-refractivity contribution in [2.75, 3.05) is 25.5 Å². The van der Waals surface area contributed by atoms with Crippen molar-refractivity contribution in [1.82, 2.24) is 5.32 Å². The molecule has 5 heteroatoms. The molecule has 0 aliphatic heterocycles. The summed E-state index contributed by atoms with van der Waals surface area (Å²) in [5.41, 5.74) is 1.63. The first-order valence-electron chi connectivity index (χ1n) is 6.22. The van der Waals surface area contributed by atoms with Crippen molar-refractivity contribution in [3.05, 3.63) is 29.8 Å². The predicted octanol–water partition coefficient (Wildman–Crippen LogP) is 1.45. The number of amides is 1. The first-order chi connectivity index (χ1) is 8.95. The molecule has 0 fully saturated rings. The third kappa shape index (κ3) is 4.28. The summed E-state index contributed by atoms with van der Waals surface area (Å²) in [5, 5.41) is 11.9. The number of hydrogen-bond acceptors (Lipinski definition) is 3. The van der Waals surface area contributed by atoms with E-state index in [1.54, 1.807) is 19.1 Å². The van der Waals surface area contributed by atoms with E-state index in [0.29, 0.717) is 12.1 Å². The largest absolute Gasteiger partial charge is 0.481 e. The molecule has 5 nitrogen and oxygen atoms in total. The summed E-state index contributed by atoms with van der Waals surface area (Å²) in [6, 6.07) is 7.21. The normalized spacial score (nSPS) is 11.7. The molecule has 0 radical (unpaired) electrons. The Balaban J connectivity index is 2.87. The highest BCUT2D eigenvalue weighted by Crippen LogP contribution is 2.22. The van der Waals surface area contributed by atoms with Crippen LogP contribution in [-0.4, -0.2) is 37.6 Å². The molecular formula is C14H20N2O3. The number of hydrogen-bond donors (Lipinski definition) is 2. The van der Waals surface area contributed by atoms with Crippen molar-refractivity contribution in [2.24, 2.45) is 0 Å². The smallest absolute Gasteiger partial charge is 0.311 e. The maximum Gasteiger partial charge on any atom is 0.311 e. The van der Waals surface area contributed by atoms with Gasteiger partial charge in [0.05, 0.1) is 5.92 Å². The zero-order valence-corrected chi connectivity index (χ0v) is 11.5. The zero-order valence-electron chi connectivity index (χ0n) is 11.5. The second-order valence-corrected chi connectivity index (χ2v) is 4.53. The molecule has 2 N–H and O–H groups in total. The summed E-state index contributed by atoms with van der Waals surface area (Å²) >= 11 is 0. The maximum absolute atomic E-state index is 11.5. The fraction of sp³-hybridized carbons (Fsp3) is 0.429. The van der Waals surface area contributed by atoms with Crippen molar-refractivity contribution in [3.63, 3.8) is 0 Å². The average molecular weight is 264 g/mol. The van der Waals surface area contributed by atoms with Crippen LogP contribution in [-0.2, 0) is 9.59 Å². The molecule has 1 unspecified atom stereocenters. The monoisotopic (exact) mass is 264 g/mol. The summed E-state index contributed by atoms with van der Waals surface area (Å²) in [5.74, 6) is -2.03. The van der Waals surface area contributed by atoms with Crippen molar-refractivity contribution in [3.8, 4) is 0 Å². The second-order valence-electron chi connectivity index (χ2n) is 4.53. The summed E-state index contributed by atoms with van der Waals surface area (Å²) in [6.07, 6.45) is -0.0372. The molecule has 1 amide bonds. The maximum atomic E-state index is 11.5. The Morgan fingerprint density at radius 1 is 1.26 bits per heavy atom. The van der Waals surface area contributed by atoms with Crippen LogP contribution in [0.15, 0.2) is 24.3 Å². The molecule has 19 heavy (non-hydrogen) atoms. The van der Waals surface area contributed by atoms with Gasteiger partial charge in [0.2, 0.25) is 5.91 Å². The van der Waals surface area contributed by atoms with E-state index in [2.05, 4.69) is 5.32 Å². The minimum Gasteiger partial charge on any atom is -0.481 e. The van der Waals surface area contributed by atoms with Gasteiger partial charge in [-0.25, -0.2) is 0 Å². The highest BCUT2D eigenvalue weighted by atomic mass is 16.4. The Morgan fingerprint density at radius 2 is 1.84 bits per heavy atom. The quantitative estimate of drug-likeness (QED) is 0.816. The highest BCUT2D eigenvalue weighted by molar-refractivity contribution is 5.85. The van der Waals surface area contributed by atoms with E-state index < -0.39 is 11.9 Å². The summed E-state index contributed by atoms with van der Waals surface area (Å²) in [4.78, 5) is 24.7. The number of rotatable bonds is 6. The Kier molecular flexibility index (Phi) is 5.36. The molecule has 0 saturated heterocycles. The first kappa shape index (κ1) is 15.0. The third-order valence-electron chi connectivity index (χ3n) is 2.87. The average Bonchev–Trinajstić information content (AvgIpc) is 2.36. The lowest BCUT2D eigenvalue weighted by atomic mass is 9.95. The Hall–Kier alpha value is -2.04. The Morgan fingerprint density at radius 3 is 2.26 bits per heavy atom. The predicted molar refractivity (Wildman–Crippen MR) is 74.4 cm³/mol. The topological polar surface area (TPSA) is 69.6 Å². The van der Waals surface area contributed by atoms with Gasteiger partial charge in [-0.1, -0.05) is 12.1 Å². The number of carboxylic acids is 1. The fourth-order valence-corrected chi connectivity index (χ4v) is 1.81. The van der Waals surface area contributed by atoms with Crippen LogP contribution in [0.2, 0.25) is 0 Å². The van der Waals surface area contributed by atoms with E-state index >= 15 is 0 Å². The molecule has 0 aliphatic carbocycles. The second kappa shape index (κ2) is 6.78. The molecular weight excluding hydrogens is 244 g/mol. The van der Waals surface area contributed by atoms with E-state index in [4.69, 9.17) is 0 Å². The van der Waals surface area contributed by atoms with Gasteiger partial charge >= 0.3 is 5.97 Å². The van der Waals surface area contributed by atoms with Crippen molar-refractivity contribution in [2.45, 2.75) is 19.3 Å². The van der Waals surface area contributed by atoms with Crippen LogP contribution in [0.25, 0.3) is 0 Å². The molecule has 0 aliphatic rings. The number of carboxylic acid groups (broad SMARTS) is 1. The summed E-state index contributed by atoms with van der Waals surface area (Å²) in [6.45, 7) is 2.31. The molecule has 0 bridgehead atoms. The van der Waals surface area contributed by atoms with Crippen LogP contribution in [0.4, 0.5) is 5.69 Å².